The Morgan fingerprint density at radius 3 is 2.11 bits per heavy atom. The lowest BCUT2D eigenvalue weighted by atomic mass is 9.61. The molecule has 0 amide bonds. The minimum Gasteiger partial charge on any atom is -0.596 e. The summed E-state index contributed by atoms with van der Waals surface area (Å²) in [5.41, 5.74) is 0.761. The number of carbonyl (C=O) groups excluding carboxylic acids is 2. The standard InChI is InChI=1S/C12H14BNO4S/c1-14-7-11(15)17-13(14,18-12(16)8-14)9-3-5-10(19-2)6-4-9/h3-6H,7-8H2,1-2H3. The number of likely N-dealkylation sites (N-methyl/N-ethyl adjacent to an activating group) is 1. The number of benzene rings is 1. The van der Waals surface area contributed by atoms with E-state index in [9.17, 15) is 9.59 Å². The van der Waals surface area contributed by atoms with Crippen LogP contribution in [0.25, 0.3) is 0 Å². The molecule has 100 valence electrons. The Labute approximate surface area is 115 Å². The number of nitrogens with zero attached hydrogens (tertiary/aromatic N) is 1. The van der Waals surface area contributed by atoms with Gasteiger partial charge < -0.3 is 13.7 Å². The van der Waals surface area contributed by atoms with E-state index in [1.807, 2.05) is 37.6 Å². The van der Waals surface area contributed by atoms with Gasteiger partial charge in [-0.1, -0.05) is 29.7 Å². The Balaban J connectivity index is 2.08. The van der Waals surface area contributed by atoms with Crippen LogP contribution in [-0.2, 0) is 18.9 Å². The van der Waals surface area contributed by atoms with Gasteiger partial charge in [0.1, 0.15) is 13.1 Å². The van der Waals surface area contributed by atoms with Crippen LogP contribution >= 0.6 is 11.8 Å². The SMILES string of the molecule is CSc1ccc([B-]23OC(=O)C[N+]2(C)CC(=O)O3)cc1. The highest BCUT2D eigenvalue weighted by Crippen LogP contribution is 2.33. The molecule has 5 nitrogen and oxygen atoms in total. The van der Waals surface area contributed by atoms with Crippen molar-refractivity contribution < 1.29 is 23.3 Å². The summed E-state index contributed by atoms with van der Waals surface area (Å²) in [5.74, 6) is -0.632. The molecule has 0 saturated carbocycles. The fourth-order valence-corrected chi connectivity index (χ4v) is 3.35. The fraction of sp³-hybridized carbons (Fsp3) is 0.333. The van der Waals surface area contributed by atoms with Crippen LogP contribution in [0.1, 0.15) is 0 Å². The third kappa shape index (κ3) is 1.68. The van der Waals surface area contributed by atoms with Crippen molar-refractivity contribution in [1.29, 1.82) is 0 Å². The van der Waals surface area contributed by atoms with E-state index in [2.05, 4.69) is 0 Å². The summed E-state index contributed by atoms with van der Waals surface area (Å²) in [7, 11) is 1.83. The van der Waals surface area contributed by atoms with Crippen molar-refractivity contribution in [3.63, 3.8) is 0 Å². The van der Waals surface area contributed by atoms with E-state index in [-0.39, 0.29) is 29.4 Å². The number of carbonyl (C=O) groups is 2. The molecule has 1 aromatic carbocycles. The van der Waals surface area contributed by atoms with Crippen molar-refractivity contribution in [2.24, 2.45) is 0 Å². The second-order valence-corrected chi connectivity index (χ2v) is 6.10. The molecule has 0 bridgehead atoms. The normalized spacial score (nSPS) is 32.9. The lowest BCUT2D eigenvalue weighted by Gasteiger charge is -2.40. The summed E-state index contributed by atoms with van der Waals surface area (Å²) in [6, 6.07) is 7.64. The molecule has 3 rings (SSSR count). The van der Waals surface area contributed by atoms with Crippen LogP contribution in [0.15, 0.2) is 29.2 Å². The highest BCUT2D eigenvalue weighted by atomic mass is 32.2. The highest BCUT2D eigenvalue weighted by Gasteiger charge is 2.65. The first-order valence-electron chi connectivity index (χ1n) is 6.06. The van der Waals surface area contributed by atoms with Crippen LogP contribution in [0.4, 0.5) is 0 Å². The van der Waals surface area contributed by atoms with E-state index < -0.39 is 6.69 Å². The topological polar surface area (TPSA) is 52.6 Å². The highest BCUT2D eigenvalue weighted by molar-refractivity contribution is 7.98. The number of hydrogen-bond donors (Lipinski definition) is 0. The van der Waals surface area contributed by atoms with Crippen molar-refractivity contribution in [2.75, 3.05) is 26.4 Å². The molecule has 0 unspecified atom stereocenters. The maximum atomic E-state index is 11.7. The second-order valence-electron chi connectivity index (χ2n) is 5.22. The zero-order valence-corrected chi connectivity index (χ0v) is 11.6. The minimum absolute atomic E-state index is 0.177. The number of rotatable bonds is 2. The molecule has 0 spiro atoms. The van der Waals surface area contributed by atoms with Crippen LogP contribution in [0.2, 0.25) is 0 Å². The summed E-state index contributed by atoms with van der Waals surface area (Å²) in [6.45, 7) is -1.73. The number of quaternary nitrogens is 1. The Morgan fingerprint density at radius 1 is 1.11 bits per heavy atom. The smallest absolute Gasteiger partial charge is 0.596 e. The van der Waals surface area contributed by atoms with Crippen LogP contribution in [0.3, 0.4) is 0 Å². The first-order valence-corrected chi connectivity index (χ1v) is 7.28. The van der Waals surface area contributed by atoms with E-state index in [0.717, 1.165) is 10.4 Å². The summed E-state index contributed by atoms with van der Waals surface area (Å²) in [4.78, 5) is 24.4. The Kier molecular flexibility index (Phi) is 2.65. The fourth-order valence-electron chi connectivity index (χ4n) is 2.94. The summed E-state index contributed by atoms with van der Waals surface area (Å²) in [5, 5.41) is 0. The Hall–Kier alpha value is -1.47. The molecule has 0 radical (unpaired) electrons. The predicted molar refractivity (Wildman–Crippen MR) is 71.7 cm³/mol. The summed E-state index contributed by atoms with van der Waals surface area (Å²) >= 11 is 1.63. The second kappa shape index (κ2) is 4.01. The zero-order chi connectivity index (χ0) is 13.7. The maximum Gasteiger partial charge on any atom is 0.614 e. The van der Waals surface area contributed by atoms with Crippen LogP contribution in [-0.4, -0.2) is 49.4 Å². The van der Waals surface area contributed by atoms with E-state index in [4.69, 9.17) is 9.31 Å². The third-order valence-corrected chi connectivity index (χ3v) is 4.66. The molecule has 2 saturated heterocycles. The van der Waals surface area contributed by atoms with Gasteiger partial charge in [-0.25, -0.2) is 0 Å². The van der Waals surface area contributed by atoms with E-state index in [1.54, 1.807) is 11.8 Å². The first kappa shape index (κ1) is 12.6. The number of thioether (sulfide) groups is 1. The molecule has 19 heavy (non-hydrogen) atoms. The monoisotopic (exact) mass is 279 g/mol. The van der Waals surface area contributed by atoms with Crippen molar-refractivity contribution in [2.45, 2.75) is 4.90 Å². The molecular weight excluding hydrogens is 265 g/mol. The number of fused-ring (bicyclic) bond motifs is 1. The van der Waals surface area contributed by atoms with Crippen LogP contribution in [0.5, 0.6) is 0 Å². The molecular formula is C12H14BNO4S. The van der Waals surface area contributed by atoms with Crippen molar-refractivity contribution >= 4 is 35.8 Å². The first-order chi connectivity index (χ1) is 8.99. The summed E-state index contributed by atoms with van der Waals surface area (Å²) < 4.78 is 11.1. The van der Waals surface area contributed by atoms with Gasteiger partial charge in [-0.15, -0.1) is 11.8 Å². The van der Waals surface area contributed by atoms with Crippen molar-refractivity contribution in [3.8, 4) is 0 Å². The van der Waals surface area contributed by atoms with Gasteiger partial charge >= 0.3 is 18.6 Å². The lowest BCUT2D eigenvalue weighted by Crippen LogP contribution is -2.67. The van der Waals surface area contributed by atoms with Crippen LogP contribution in [0, 0.1) is 0 Å². The van der Waals surface area contributed by atoms with Crippen molar-refractivity contribution in [3.05, 3.63) is 24.3 Å². The van der Waals surface area contributed by atoms with Gasteiger partial charge in [-0.05, 0) is 6.26 Å². The molecule has 2 heterocycles. The quantitative estimate of drug-likeness (QED) is 0.568. The Bertz CT molecular complexity index is 539. The predicted octanol–water partition coefficient (Wildman–Crippen LogP) is 0.115. The number of hydrogen-bond acceptors (Lipinski definition) is 5. The van der Waals surface area contributed by atoms with Gasteiger partial charge in [-0.3, -0.25) is 9.59 Å². The van der Waals surface area contributed by atoms with E-state index in [0.29, 0.717) is 0 Å². The largest absolute Gasteiger partial charge is 0.614 e. The maximum absolute atomic E-state index is 11.7. The van der Waals surface area contributed by atoms with E-state index >= 15 is 0 Å². The van der Waals surface area contributed by atoms with Crippen LogP contribution < -0.4 is 5.46 Å². The van der Waals surface area contributed by atoms with Gasteiger partial charge in [0.2, 0.25) is 0 Å². The zero-order valence-electron chi connectivity index (χ0n) is 10.8. The molecule has 2 aliphatic rings. The van der Waals surface area contributed by atoms with Gasteiger partial charge in [0.05, 0.1) is 0 Å². The molecule has 0 aliphatic carbocycles. The van der Waals surface area contributed by atoms with Gasteiger partial charge in [0, 0.05) is 11.9 Å². The van der Waals surface area contributed by atoms with Gasteiger partial charge in [-0.2, -0.15) is 0 Å². The average molecular weight is 279 g/mol. The minimum atomic E-state index is -2.08. The average Bonchev–Trinajstić information content (AvgIpc) is 2.74. The van der Waals surface area contributed by atoms with Crippen molar-refractivity contribution in [1.82, 2.24) is 0 Å². The molecule has 2 fully saturated rings. The molecule has 2 aliphatic heterocycles. The van der Waals surface area contributed by atoms with E-state index in [1.165, 1.54) is 0 Å². The molecule has 0 aromatic heterocycles. The molecule has 0 N–H and O–H groups in total. The lowest BCUT2D eigenvalue weighted by molar-refractivity contribution is -0.791. The molecule has 0 atom stereocenters. The molecule has 1 aromatic rings. The third-order valence-electron chi connectivity index (χ3n) is 3.92. The summed E-state index contributed by atoms with van der Waals surface area (Å²) in [6.07, 6.45) is 1.99. The molecule has 7 heteroatoms. The van der Waals surface area contributed by atoms with Gasteiger partial charge in [0.25, 0.3) is 0 Å². The Morgan fingerprint density at radius 2 is 1.63 bits per heavy atom. The van der Waals surface area contributed by atoms with Gasteiger partial charge in [0.15, 0.2) is 0 Å².